The van der Waals surface area contributed by atoms with Gasteiger partial charge in [-0.1, -0.05) is 22.0 Å². The first-order valence-electron chi connectivity index (χ1n) is 7.81. The van der Waals surface area contributed by atoms with Crippen molar-refractivity contribution >= 4 is 27.7 Å². The minimum absolute atomic E-state index is 0.166. The third-order valence-corrected chi connectivity index (χ3v) is 6.81. The molecule has 2 N–H and O–H groups in total. The summed E-state index contributed by atoms with van der Waals surface area (Å²) in [6.45, 7) is 7.82. The van der Waals surface area contributed by atoms with Gasteiger partial charge >= 0.3 is 0 Å². The van der Waals surface area contributed by atoms with Crippen LogP contribution in [-0.2, 0) is 12.8 Å². The van der Waals surface area contributed by atoms with Gasteiger partial charge in [-0.3, -0.25) is 4.90 Å². The second-order valence-electron chi connectivity index (χ2n) is 7.05. The number of hydrogen-bond acceptors (Lipinski definition) is 3. The van der Waals surface area contributed by atoms with E-state index in [4.69, 9.17) is 5.73 Å². The van der Waals surface area contributed by atoms with Gasteiger partial charge in [-0.15, -0.1) is 0 Å². The summed E-state index contributed by atoms with van der Waals surface area (Å²) < 4.78 is 1.54. The maximum Gasteiger partial charge on any atom is 0.0376 e. The lowest BCUT2D eigenvalue weighted by molar-refractivity contribution is 0.0741. The van der Waals surface area contributed by atoms with Gasteiger partial charge in [0.05, 0.1) is 0 Å². The Bertz CT molecular complexity index is 532. The third-order valence-electron chi connectivity index (χ3n) is 5.02. The van der Waals surface area contributed by atoms with Crippen LogP contribution in [-0.4, -0.2) is 40.6 Å². The summed E-state index contributed by atoms with van der Waals surface area (Å²) in [5.41, 5.74) is 9.44. The molecule has 0 radical (unpaired) electrons. The van der Waals surface area contributed by atoms with Gasteiger partial charge in [0.2, 0.25) is 0 Å². The van der Waals surface area contributed by atoms with Crippen LogP contribution in [0.2, 0.25) is 0 Å². The SMILES string of the molecule is CC1(C)CN(C2(CN)CCc3cc(Br)ccc3C2)CCS1. The lowest BCUT2D eigenvalue weighted by Gasteiger charge is -2.51. The average Bonchev–Trinajstić information content (AvgIpc) is 2.45. The molecule has 3 rings (SSSR count). The summed E-state index contributed by atoms with van der Waals surface area (Å²) in [5.74, 6) is 1.22. The first-order chi connectivity index (χ1) is 9.94. The van der Waals surface area contributed by atoms with E-state index >= 15 is 0 Å². The number of fused-ring (bicyclic) bond motifs is 1. The Morgan fingerprint density at radius 1 is 1.33 bits per heavy atom. The van der Waals surface area contributed by atoms with Crippen molar-refractivity contribution in [3.8, 4) is 0 Å². The number of nitrogens with zero attached hydrogens (tertiary/aromatic N) is 1. The first-order valence-corrected chi connectivity index (χ1v) is 9.58. The molecule has 0 spiro atoms. The fourth-order valence-corrected chi connectivity index (χ4v) is 5.32. The highest BCUT2D eigenvalue weighted by atomic mass is 79.9. The van der Waals surface area contributed by atoms with Gasteiger partial charge in [-0.25, -0.2) is 0 Å². The van der Waals surface area contributed by atoms with Crippen LogP contribution >= 0.6 is 27.7 Å². The van der Waals surface area contributed by atoms with E-state index in [1.165, 1.54) is 34.3 Å². The Morgan fingerprint density at radius 2 is 2.14 bits per heavy atom. The molecule has 2 nitrogen and oxygen atoms in total. The minimum Gasteiger partial charge on any atom is -0.329 e. The zero-order valence-corrected chi connectivity index (χ0v) is 15.4. The molecule has 0 amide bonds. The fourth-order valence-electron chi connectivity index (χ4n) is 3.80. The van der Waals surface area contributed by atoms with Crippen LogP contribution in [0.15, 0.2) is 22.7 Å². The van der Waals surface area contributed by atoms with E-state index in [0.717, 1.165) is 25.9 Å². The van der Waals surface area contributed by atoms with Gasteiger partial charge in [0.25, 0.3) is 0 Å². The Balaban J connectivity index is 1.87. The van der Waals surface area contributed by atoms with Gasteiger partial charge in [-0.2, -0.15) is 11.8 Å². The van der Waals surface area contributed by atoms with Crippen LogP contribution in [0.3, 0.4) is 0 Å². The molecule has 1 aromatic rings. The average molecular weight is 369 g/mol. The summed E-state index contributed by atoms with van der Waals surface area (Å²) in [4.78, 5) is 2.69. The van der Waals surface area contributed by atoms with Crippen LogP contribution in [0.1, 0.15) is 31.4 Å². The van der Waals surface area contributed by atoms with Crippen LogP contribution < -0.4 is 5.73 Å². The van der Waals surface area contributed by atoms with E-state index in [1.54, 1.807) is 0 Å². The van der Waals surface area contributed by atoms with Crippen molar-refractivity contribution in [2.75, 3.05) is 25.4 Å². The smallest absolute Gasteiger partial charge is 0.0376 e. The zero-order valence-electron chi connectivity index (χ0n) is 13.0. The van der Waals surface area contributed by atoms with Crippen molar-refractivity contribution < 1.29 is 0 Å². The van der Waals surface area contributed by atoms with Crippen molar-refractivity contribution in [1.29, 1.82) is 0 Å². The van der Waals surface area contributed by atoms with E-state index in [0.29, 0.717) is 4.75 Å². The predicted molar refractivity (Wildman–Crippen MR) is 96.1 cm³/mol. The minimum atomic E-state index is 0.166. The number of halogens is 1. The largest absolute Gasteiger partial charge is 0.329 e. The Hall–Kier alpha value is -0.0300. The molecule has 1 fully saturated rings. The van der Waals surface area contributed by atoms with Crippen LogP contribution in [0.25, 0.3) is 0 Å². The quantitative estimate of drug-likeness (QED) is 0.866. The molecule has 0 saturated carbocycles. The molecule has 4 heteroatoms. The number of thioether (sulfide) groups is 1. The lowest BCUT2D eigenvalue weighted by atomic mass is 9.76. The van der Waals surface area contributed by atoms with Crippen molar-refractivity contribution in [3.05, 3.63) is 33.8 Å². The Kier molecular flexibility index (Phi) is 4.44. The molecule has 21 heavy (non-hydrogen) atoms. The summed E-state index contributed by atoms with van der Waals surface area (Å²) in [6, 6.07) is 6.74. The molecule has 1 aliphatic heterocycles. The van der Waals surface area contributed by atoms with Crippen molar-refractivity contribution in [3.63, 3.8) is 0 Å². The standard InChI is InChI=1S/C17H25BrN2S/c1-16(2)12-20(7-8-21-16)17(11-19)6-5-13-9-15(18)4-3-14(13)10-17/h3-4,9H,5-8,10-12,19H2,1-2H3. The van der Waals surface area contributed by atoms with Gasteiger partial charge < -0.3 is 5.73 Å². The molecular weight excluding hydrogens is 344 g/mol. The summed E-state index contributed by atoms with van der Waals surface area (Å²) in [7, 11) is 0. The summed E-state index contributed by atoms with van der Waals surface area (Å²) >= 11 is 5.69. The predicted octanol–water partition coefficient (Wildman–Crippen LogP) is 3.46. The summed E-state index contributed by atoms with van der Waals surface area (Å²) in [6.07, 6.45) is 3.44. The third kappa shape index (κ3) is 3.19. The number of aryl methyl sites for hydroxylation is 1. The van der Waals surface area contributed by atoms with Crippen molar-refractivity contribution in [1.82, 2.24) is 4.90 Å². The molecule has 116 valence electrons. The second kappa shape index (κ2) is 5.88. The van der Waals surface area contributed by atoms with Gasteiger partial charge in [0, 0.05) is 40.1 Å². The highest BCUT2D eigenvalue weighted by Crippen LogP contribution is 2.39. The van der Waals surface area contributed by atoms with Crippen molar-refractivity contribution in [2.45, 2.75) is 43.4 Å². The molecule has 1 heterocycles. The van der Waals surface area contributed by atoms with Crippen LogP contribution in [0.4, 0.5) is 0 Å². The summed E-state index contributed by atoms with van der Waals surface area (Å²) in [5, 5.41) is 0. The Morgan fingerprint density at radius 3 is 2.86 bits per heavy atom. The highest BCUT2D eigenvalue weighted by molar-refractivity contribution is 9.10. The van der Waals surface area contributed by atoms with E-state index in [1.807, 2.05) is 0 Å². The van der Waals surface area contributed by atoms with Crippen molar-refractivity contribution in [2.24, 2.45) is 5.73 Å². The number of benzene rings is 1. The number of rotatable bonds is 2. The molecule has 1 unspecified atom stereocenters. The van der Waals surface area contributed by atoms with E-state index < -0.39 is 0 Å². The normalized spacial score (nSPS) is 29.1. The maximum atomic E-state index is 6.29. The fraction of sp³-hybridized carbons (Fsp3) is 0.647. The first kappa shape index (κ1) is 15.9. The van der Waals surface area contributed by atoms with E-state index in [2.05, 4.69) is 64.6 Å². The highest BCUT2D eigenvalue weighted by Gasteiger charge is 2.42. The molecule has 0 aromatic heterocycles. The molecule has 1 saturated heterocycles. The van der Waals surface area contributed by atoms with Gasteiger partial charge in [0.1, 0.15) is 0 Å². The van der Waals surface area contributed by atoms with Gasteiger partial charge in [0.15, 0.2) is 0 Å². The van der Waals surface area contributed by atoms with E-state index in [-0.39, 0.29) is 5.54 Å². The molecule has 2 aliphatic rings. The topological polar surface area (TPSA) is 29.3 Å². The van der Waals surface area contributed by atoms with Gasteiger partial charge in [-0.05, 0) is 56.4 Å². The molecular formula is C17H25BrN2S. The number of hydrogen-bond donors (Lipinski definition) is 1. The van der Waals surface area contributed by atoms with Crippen LogP contribution in [0.5, 0.6) is 0 Å². The Labute approximate surface area is 141 Å². The molecule has 0 bridgehead atoms. The second-order valence-corrected chi connectivity index (χ2v) is 9.77. The molecule has 1 atom stereocenters. The number of nitrogens with two attached hydrogens (primary N) is 1. The maximum absolute atomic E-state index is 6.29. The lowest BCUT2D eigenvalue weighted by Crippen LogP contribution is -2.61. The zero-order chi connectivity index (χ0) is 15.1. The van der Waals surface area contributed by atoms with Crippen LogP contribution in [0, 0.1) is 0 Å². The monoisotopic (exact) mass is 368 g/mol. The molecule has 1 aliphatic carbocycles. The van der Waals surface area contributed by atoms with E-state index in [9.17, 15) is 0 Å². The molecule has 1 aromatic carbocycles.